The Labute approximate surface area is 405 Å². The van der Waals surface area contributed by atoms with Crippen LogP contribution in [0.5, 0.6) is 0 Å². The van der Waals surface area contributed by atoms with E-state index < -0.39 is 113 Å². The minimum absolute atomic E-state index is 0.0364. The Bertz CT molecular complexity index is 1370. The van der Waals surface area contributed by atoms with Crippen molar-refractivity contribution < 1.29 is 87.9 Å². The van der Waals surface area contributed by atoms with Crippen LogP contribution in [-0.2, 0) is 42.1 Å². The van der Waals surface area contributed by atoms with Crippen molar-refractivity contribution in [2.24, 2.45) is 0 Å². The fourth-order valence-corrected chi connectivity index (χ4v) is 9.37. The summed E-state index contributed by atoms with van der Waals surface area (Å²) in [6.45, 7) is 2.22. The zero-order valence-corrected chi connectivity index (χ0v) is 42.0. The second kappa shape index (κ2) is 37.2. The molecule has 0 aromatic rings. The number of carbonyl (C=O) groups is 2. The lowest BCUT2D eigenvalue weighted by Gasteiger charge is -2.47. The number of unbranched alkanes of at least 4 members (excludes halogenated alkanes) is 23. The van der Waals surface area contributed by atoms with Gasteiger partial charge in [-0.05, 0) is 38.5 Å². The van der Waals surface area contributed by atoms with Gasteiger partial charge < -0.3 is 64.7 Å². The number of hydrogen-bond donors (Lipinski definition) is 9. The first-order valence-corrected chi connectivity index (χ1v) is 27.5. The van der Waals surface area contributed by atoms with E-state index in [1.54, 1.807) is 0 Å². The molecule has 9 N–H and O–H groups in total. The molecule has 0 spiro atoms. The number of ether oxygens (including phenoxy) is 4. The molecule has 19 heteroatoms. The molecular formula is C49H91O18P. The molecule has 0 amide bonds. The highest BCUT2D eigenvalue weighted by atomic mass is 31.2. The lowest BCUT2D eigenvalue weighted by atomic mass is 9.84. The number of hydrogen-bond acceptors (Lipinski definition) is 17. The smallest absolute Gasteiger partial charge is 0.462 e. The van der Waals surface area contributed by atoms with E-state index in [-0.39, 0.29) is 12.8 Å². The number of phosphoric acid groups is 1. The summed E-state index contributed by atoms with van der Waals surface area (Å²) >= 11 is 0. The first-order chi connectivity index (χ1) is 32.7. The van der Waals surface area contributed by atoms with Crippen molar-refractivity contribution in [1.82, 2.24) is 0 Å². The third-order valence-electron chi connectivity index (χ3n) is 12.7. The molecule has 13 atom stereocenters. The van der Waals surface area contributed by atoms with Crippen LogP contribution in [0.2, 0.25) is 0 Å². The van der Waals surface area contributed by atoms with Crippen LogP contribution in [0, 0.1) is 0 Å². The fourth-order valence-electron chi connectivity index (χ4n) is 8.40. The van der Waals surface area contributed by atoms with E-state index in [4.69, 9.17) is 28.0 Å². The van der Waals surface area contributed by atoms with Crippen LogP contribution in [0.25, 0.3) is 0 Å². The van der Waals surface area contributed by atoms with Crippen LogP contribution < -0.4 is 0 Å². The van der Waals surface area contributed by atoms with Gasteiger partial charge in [-0.1, -0.05) is 154 Å². The largest absolute Gasteiger partial charge is 0.472 e. The maximum absolute atomic E-state index is 13.4. The number of allylic oxidation sites excluding steroid dienone is 2. The summed E-state index contributed by atoms with van der Waals surface area (Å²) in [5, 5.41) is 82.9. The molecular weight excluding hydrogens is 907 g/mol. The van der Waals surface area contributed by atoms with Crippen molar-refractivity contribution in [3.05, 3.63) is 12.2 Å². The van der Waals surface area contributed by atoms with Crippen molar-refractivity contribution in [3.8, 4) is 0 Å². The van der Waals surface area contributed by atoms with Crippen molar-refractivity contribution in [2.75, 3.05) is 19.8 Å². The van der Waals surface area contributed by atoms with Crippen LogP contribution in [0.1, 0.15) is 194 Å². The Balaban J connectivity index is 1.94. The summed E-state index contributed by atoms with van der Waals surface area (Å²) in [7, 11) is -5.37. The van der Waals surface area contributed by atoms with Gasteiger partial charge in [0.05, 0.1) is 13.2 Å². The molecule has 1 aliphatic carbocycles. The molecule has 400 valence electrons. The van der Waals surface area contributed by atoms with E-state index in [0.29, 0.717) is 12.8 Å². The molecule has 2 fully saturated rings. The monoisotopic (exact) mass is 999 g/mol. The van der Waals surface area contributed by atoms with Crippen molar-refractivity contribution in [1.29, 1.82) is 0 Å². The van der Waals surface area contributed by atoms with Gasteiger partial charge in [0.1, 0.15) is 67.6 Å². The summed E-state index contributed by atoms with van der Waals surface area (Å²) in [6, 6.07) is 0. The maximum atomic E-state index is 13.4. The molecule has 1 aliphatic heterocycles. The first-order valence-electron chi connectivity index (χ1n) is 26.0. The van der Waals surface area contributed by atoms with E-state index in [9.17, 15) is 59.9 Å². The molecule has 0 bridgehead atoms. The Morgan fingerprint density at radius 1 is 0.544 bits per heavy atom. The number of aliphatic hydroxyl groups is 8. The normalized spacial score (nSPS) is 27.8. The van der Waals surface area contributed by atoms with Crippen molar-refractivity contribution in [2.45, 2.75) is 267 Å². The lowest BCUT2D eigenvalue weighted by molar-refractivity contribution is -0.338. The van der Waals surface area contributed by atoms with E-state index in [0.717, 1.165) is 77.0 Å². The van der Waals surface area contributed by atoms with Crippen LogP contribution in [0.15, 0.2) is 12.2 Å². The molecule has 0 aromatic carbocycles. The van der Waals surface area contributed by atoms with E-state index in [1.165, 1.54) is 77.0 Å². The number of aliphatic hydroxyl groups excluding tert-OH is 8. The standard InChI is InChI=1S/C49H91O18P/c1-3-5-7-9-11-13-15-17-18-20-21-23-25-27-29-31-38(51)62-34-36(64-39(52)32-30-28-26-24-22-19-16-14-12-10-8-6-4-2)35-63-68(60,61)67-48-45(58)43(56)42(55)44(57)47(48)66-49-46(59)41(54)40(53)37(33-50)65-49/h13,15,36-37,40-50,53-59H,3-12,14,16-35H2,1-2H3,(H,60,61). The lowest BCUT2D eigenvalue weighted by Crippen LogP contribution is -2.67. The van der Waals surface area contributed by atoms with Gasteiger partial charge in [-0.2, -0.15) is 0 Å². The third-order valence-corrected chi connectivity index (χ3v) is 13.7. The summed E-state index contributed by atoms with van der Waals surface area (Å²) in [6.07, 6.45) is 10.0. The van der Waals surface area contributed by atoms with Gasteiger partial charge in [-0.3, -0.25) is 18.6 Å². The van der Waals surface area contributed by atoms with Crippen LogP contribution >= 0.6 is 7.82 Å². The van der Waals surface area contributed by atoms with Gasteiger partial charge in [0, 0.05) is 12.8 Å². The molecule has 68 heavy (non-hydrogen) atoms. The summed E-state index contributed by atoms with van der Waals surface area (Å²) in [5.74, 6) is -1.21. The summed E-state index contributed by atoms with van der Waals surface area (Å²) in [4.78, 5) is 36.5. The van der Waals surface area contributed by atoms with Crippen molar-refractivity contribution in [3.63, 3.8) is 0 Å². The van der Waals surface area contributed by atoms with Gasteiger partial charge in [-0.25, -0.2) is 4.57 Å². The van der Waals surface area contributed by atoms with Crippen LogP contribution in [0.4, 0.5) is 0 Å². The van der Waals surface area contributed by atoms with E-state index >= 15 is 0 Å². The molecule has 1 saturated heterocycles. The third kappa shape index (κ3) is 25.7. The Kier molecular flexibility index (Phi) is 34.2. The number of carbonyl (C=O) groups excluding carboxylic acids is 2. The predicted octanol–water partition coefficient (Wildman–Crippen LogP) is 6.10. The Morgan fingerprint density at radius 3 is 1.47 bits per heavy atom. The first kappa shape index (κ1) is 62.5. The van der Waals surface area contributed by atoms with E-state index in [2.05, 4.69) is 26.0 Å². The molecule has 18 nitrogen and oxygen atoms in total. The summed E-state index contributed by atoms with van der Waals surface area (Å²) < 4.78 is 45.5. The number of phosphoric ester groups is 1. The maximum Gasteiger partial charge on any atom is 0.472 e. The topological polar surface area (TPSA) is 289 Å². The van der Waals surface area contributed by atoms with Gasteiger partial charge in [0.15, 0.2) is 12.4 Å². The van der Waals surface area contributed by atoms with Gasteiger partial charge in [0.2, 0.25) is 0 Å². The molecule has 2 aliphatic rings. The highest BCUT2D eigenvalue weighted by Gasteiger charge is 2.55. The highest BCUT2D eigenvalue weighted by molar-refractivity contribution is 7.47. The van der Waals surface area contributed by atoms with Gasteiger partial charge >= 0.3 is 19.8 Å². The molecule has 13 unspecified atom stereocenters. The van der Waals surface area contributed by atoms with E-state index in [1.807, 2.05) is 0 Å². The fraction of sp³-hybridized carbons (Fsp3) is 0.918. The van der Waals surface area contributed by atoms with Crippen molar-refractivity contribution >= 4 is 19.8 Å². The predicted molar refractivity (Wildman–Crippen MR) is 254 cm³/mol. The number of rotatable bonds is 40. The van der Waals surface area contributed by atoms with Gasteiger partial charge in [-0.15, -0.1) is 0 Å². The zero-order chi connectivity index (χ0) is 50.2. The minimum Gasteiger partial charge on any atom is -0.462 e. The molecule has 0 aromatic heterocycles. The quantitative estimate of drug-likeness (QED) is 0.0145. The minimum atomic E-state index is -5.37. The zero-order valence-electron chi connectivity index (χ0n) is 41.1. The Hall–Kier alpha value is -1.61. The molecule has 1 saturated carbocycles. The average Bonchev–Trinajstić information content (AvgIpc) is 3.32. The molecule has 1 heterocycles. The number of esters is 2. The van der Waals surface area contributed by atoms with Gasteiger partial charge in [0.25, 0.3) is 0 Å². The molecule has 2 rings (SSSR count). The highest BCUT2D eigenvalue weighted by Crippen LogP contribution is 2.48. The van der Waals surface area contributed by atoms with Crippen LogP contribution in [-0.4, -0.2) is 151 Å². The average molecular weight is 999 g/mol. The molecule has 0 radical (unpaired) electrons. The summed E-state index contributed by atoms with van der Waals surface area (Å²) in [5.41, 5.74) is 0. The second-order valence-electron chi connectivity index (χ2n) is 18.7. The Morgan fingerprint density at radius 2 is 0.971 bits per heavy atom. The van der Waals surface area contributed by atoms with Crippen LogP contribution in [0.3, 0.4) is 0 Å². The second-order valence-corrected chi connectivity index (χ2v) is 20.1. The SMILES string of the molecule is CCCCCCC=CCCCCCCCCCC(=O)OCC(COP(=O)(O)OC1C(O)C(O)C(O)C(O)C1OC1OC(CO)C(O)C(O)C1O)OC(=O)CCCCCCCCCCCCCCC.